The number of nitrogens with zero attached hydrogens (tertiary/aromatic N) is 1. The van der Waals surface area contributed by atoms with Crippen molar-refractivity contribution in [3.8, 4) is 0 Å². The summed E-state index contributed by atoms with van der Waals surface area (Å²) in [5.41, 5.74) is -1.62. The van der Waals surface area contributed by atoms with Gasteiger partial charge in [-0.2, -0.15) is 13.2 Å². The molecule has 0 aromatic carbocycles. The Labute approximate surface area is 95.8 Å². The van der Waals surface area contributed by atoms with Crippen LogP contribution in [0.2, 0.25) is 0 Å². The average Bonchev–Trinajstić information content (AvgIpc) is 2.62. The molecular formula is C10H14F3N3O. The first-order valence-corrected chi connectivity index (χ1v) is 5.57. The van der Waals surface area contributed by atoms with Crippen LogP contribution in [0.4, 0.5) is 13.2 Å². The molecule has 0 amide bonds. The van der Waals surface area contributed by atoms with Gasteiger partial charge in [0, 0.05) is 12.1 Å². The first-order valence-electron chi connectivity index (χ1n) is 5.57. The molecular weight excluding hydrogens is 235 g/mol. The highest BCUT2D eigenvalue weighted by Gasteiger charge is 2.33. The number of piperidine rings is 1. The van der Waals surface area contributed by atoms with Crippen LogP contribution in [0.25, 0.3) is 0 Å². The number of hydrogen-bond donors (Lipinski definition) is 2. The second-order valence-electron chi connectivity index (χ2n) is 4.26. The third kappa shape index (κ3) is 2.91. The highest BCUT2D eigenvalue weighted by atomic mass is 19.4. The van der Waals surface area contributed by atoms with E-state index in [-0.39, 0.29) is 12.6 Å². The zero-order valence-electron chi connectivity index (χ0n) is 9.18. The van der Waals surface area contributed by atoms with E-state index in [1.807, 2.05) is 0 Å². The SMILES string of the molecule is O=c1cc(C(F)(F)F)[nH]n1C[C@H]1CCCCN1. The summed E-state index contributed by atoms with van der Waals surface area (Å²) < 4.78 is 38.1. The van der Waals surface area contributed by atoms with E-state index < -0.39 is 17.4 Å². The smallest absolute Gasteiger partial charge is 0.312 e. The van der Waals surface area contributed by atoms with Crippen LogP contribution in [0, 0.1) is 0 Å². The van der Waals surface area contributed by atoms with Crippen molar-refractivity contribution in [2.75, 3.05) is 6.54 Å². The van der Waals surface area contributed by atoms with Crippen LogP contribution in [0.3, 0.4) is 0 Å². The average molecular weight is 249 g/mol. The second-order valence-corrected chi connectivity index (χ2v) is 4.26. The summed E-state index contributed by atoms with van der Waals surface area (Å²) >= 11 is 0. The summed E-state index contributed by atoms with van der Waals surface area (Å²) in [6, 6.07) is 0.671. The molecule has 0 radical (unpaired) electrons. The lowest BCUT2D eigenvalue weighted by atomic mass is 10.1. The van der Waals surface area contributed by atoms with Crippen LogP contribution in [-0.2, 0) is 12.7 Å². The van der Waals surface area contributed by atoms with E-state index in [0.29, 0.717) is 6.07 Å². The Balaban J connectivity index is 2.10. The van der Waals surface area contributed by atoms with E-state index in [4.69, 9.17) is 0 Å². The molecule has 1 aliphatic heterocycles. The normalized spacial score (nSPS) is 21.7. The van der Waals surface area contributed by atoms with Gasteiger partial charge in [0.25, 0.3) is 5.56 Å². The fourth-order valence-corrected chi connectivity index (χ4v) is 2.02. The van der Waals surface area contributed by atoms with Crippen LogP contribution < -0.4 is 10.9 Å². The first-order chi connectivity index (χ1) is 7.97. The Morgan fingerprint density at radius 1 is 1.41 bits per heavy atom. The molecule has 96 valence electrons. The molecule has 2 rings (SSSR count). The molecule has 0 spiro atoms. The van der Waals surface area contributed by atoms with E-state index >= 15 is 0 Å². The fourth-order valence-electron chi connectivity index (χ4n) is 2.02. The van der Waals surface area contributed by atoms with Crippen LogP contribution in [0.1, 0.15) is 25.0 Å². The third-order valence-electron chi connectivity index (χ3n) is 2.91. The van der Waals surface area contributed by atoms with Gasteiger partial charge in [-0.1, -0.05) is 6.42 Å². The molecule has 17 heavy (non-hydrogen) atoms. The minimum absolute atomic E-state index is 0.0705. The Morgan fingerprint density at radius 2 is 2.18 bits per heavy atom. The Hall–Kier alpha value is -1.24. The maximum absolute atomic E-state index is 12.4. The molecule has 1 aromatic heterocycles. The van der Waals surface area contributed by atoms with Gasteiger partial charge >= 0.3 is 6.18 Å². The Morgan fingerprint density at radius 3 is 2.71 bits per heavy atom. The van der Waals surface area contributed by atoms with Gasteiger partial charge in [0.15, 0.2) is 0 Å². The monoisotopic (exact) mass is 249 g/mol. The number of halogens is 3. The van der Waals surface area contributed by atoms with Gasteiger partial charge in [-0.25, -0.2) is 0 Å². The van der Waals surface area contributed by atoms with Crippen molar-refractivity contribution < 1.29 is 13.2 Å². The predicted molar refractivity (Wildman–Crippen MR) is 55.7 cm³/mol. The van der Waals surface area contributed by atoms with E-state index in [1.165, 1.54) is 0 Å². The zero-order chi connectivity index (χ0) is 12.5. The molecule has 0 bridgehead atoms. The molecule has 1 aliphatic rings. The highest BCUT2D eigenvalue weighted by Crippen LogP contribution is 2.26. The number of H-pyrrole nitrogens is 1. The minimum Gasteiger partial charge on any atom is -0.312 e. The van der Waals surface area contributed by atoms with Gasteiger partial charge in [0.1, 0.15) is 5.69 Å². The third-order valence-corrected chi connectivity index (χ3v) is 2.91. The van der Waals surface area contributed by atoms with Crippen LogP contribution in [0.5, 0.6) is 0 Å². The molecule has 4 nitrogen and oxygen atoms in total. The van der Waals surface area contributed by atoms with Crippen molar-refractivity contribution in [2.45, 2.75) is 38.0 Å². The number of alkyl halides is 3. The second kappa shape index (κ2) is 4.56. The molecule has 0 saturated carbocycles. The van der Waals surface area contributed by atoms with Gasteiger partial charge in [-0.15, -0.1) is 0 Å². The summed E-state index contributed by atoms with van der Waals surface area (Å²) in [6.45, 7) is 1.11. The molecule has 1 saturated heterocycles. The van der Waals surface area contributed by atoms with Crippen molar-refractivity contribution in [1.29, 1.82) is 0 Å². The topological polar surface area (TPSA) is 49.8 Å². The van der Waals surface area contributed by atoms with E-state index in [9.17, 15) is 18.0 Å². The van der Waals surface area contributed by atoms with E-state index in [1.54, 1.807) is 0 Å². The molecule has 0 unspecified atom stereocenters. The number of aromatic nitrogens is 2. The molecule has 1 aromatic rings. The lowest BCUT2D eigenvalue weighted by Crippen LogP contribution is -2.39. The molecule has 1 atom stereocenters. The number of rotatable bonds is 2. The summed E-state index contributed by atoms with van der Waals surface area (Å²) in [5, 5.41) is 5.29. The molecule has 7 heteroatoms. The number of aromatic amines is 1. The lowest BCUT2D eigenvalue weighted by molar-refractivity contribution is -0.141. The van der Waals surface area contributed by atoms with Crippen LogP contribution in [0.15, 0.2) is 10.9 Å². The molecule has 2 N–H and O–H groups in total. The highest BCUT2D eigenvalue weighted by molar-refractivity contribution is 5.03. The largest absolute Gasteiger partial charge is 0.432 e. The summed E-state index contributed by atoms with van der Waals surface area (Å²) in [6.07, 6.45) is -1.50. The van der Waals surface area contributed by atoms with E-state index in [0.717, 1.165) is 30.5 Å². The maximum atomic E-state index is 12.4. The van der Waals surface area contributed by atoms with Gasteiger partial charge < -0.3 is 5.32 Å². The van der Waals surface area contributed by atoms with E-state index in [2.05, 4.69) is 10.4 Å². The predicted octanol–water partition coefficient (Wildman–Crippen LogP) is 1.34. The van der Waals surface area contributed by atoms with Crippen LogP contribution >= 0.6 is 0 Å². The van der Waals surface area contributed by atoms with Crippen molar-refractivity contribution in [3.05, 3.63) is 22.1 Å². The molecule has 2 heterocycles. The van der Waals surface area contributed by atoms with Gasteiger partial charge in [-0.3, -0.25) is 14.6 Å². The first kappa shape index (κ1) is 12.2. The number of nitrogens with one attached hydrogen (secondary N) is 2. The lowest BCUT2D eigenvalue weighted by Gasteiger charge is -2.23. The van der Waals surface area contributed by atoms with Crippen molar-refractivity contribution >= 4 is 0 Å². The number of hydrogen-bond acceptors (Lipinski definition) is 2. The standard InChI is InChI=1S/C10H14F3N3O/c11-10(12,13)8-5-9(17)16(15-8)6-7-3-1-2-4-14-7/h5,7,14-15H,1-4,6H2/t7-/m1/s1. The Bertz CT molecular complexity index is 429. The summed E-state index contributed by atoms with van der Waals surface area (Å²) in [4.78, 5) is 11.4. The van der Waals surface area contributed by atoms with Gasteiger partial charge in [-0.05, 0) is 19.4 Å². The van der Waals surface area contributed by atoms with Crippen molar-refractivity contribution in [2.24, 2.45) is 0 Å². The van der Waals surface area contributed by atoms with Crippen molar-refractivity contribution in [1.82, 2.24) is 15.1 Å². The molecule has 0 aliphatic carbocycles. The molecule has 1 fully saturated rings. The van der Waals surface area contributed by atoms with Crippen molar-refractivity contribution in [3.63, 3.8) is 0 Å². The zero-order valence-corrected chi connectivity index (χ0v) is 9.18. The fraction of sp³-hybridized carbons (Fsp3) is 0.700. The summed E-state index contributed by atoms with van der Waals surface area (Å²) in [7, 11) is 0. The maximum Gasteiger partial charge on any atom is 0.432 e. The van der Waals surface area contributed by atoms with Gasteiger partial charge in [0.2, 0.25) is 0 Å². The minimum atomic E-state index is -4.50. The quantitative estimate of drug-likeness (QED) is 0.831. The van der Waals surface area contributed by atoms with Crippen LogP contribution in [-0.4, -0.2) is 22.4 Å². The summed E-state index contributed by atoms with van der Waals surface area (Å²) in [5.74, 6) is 0. The van der Waals surface area contributed by atoms with Gasteiger partial charge in [0.05, 0.1) is 6.54 Å². The Kier molecular flexibility index (Phi) is 3.28.